The molecule has 0 bridgehead atoms. The van der Waals surface area contributed by atoms with Crippen LogP contribution in [-0.2, 0) is 20.8 Å². The number of para-hydroxylation sites is 1. The van der Waals surface area contributed by atoms with E-state index in [0.29, 0.717) is 23.7 Å². The third-order valence-corrected chi connectivity index (χ3v) is 7.31. The number of rotatable bonds is 12. The van der Waals surface area contributed by atoms with Crippen LogP contribution in [0.5, 0.6) is 5.75 Å². The Morgan fingerprint density at radius 3 is 2.68 bits per heavy atom. The molecule has 4 rings (SSSR count). The van der Waals surface area contributed by atoms with Gasteiger partial charge in [0.15, 0.2) is 5.13 Å². The molecule has 0 aliphatic rings. The van der Waals surface area contributed by atoms with Crippen molar-refractivity contribution < 1.29 is 19.1 Å². The predicted octanol–water partition coefficient (Wildman–Crippen LogP) is 5.30. The van der Waals surface area contributed by atoms with Gasteiger partial charge in [-0.1, -0.05) is 36.3 Å². The Bertz CT molecular complexity index is 1390. The Morgan fingerprint density at radius 1 is 1.11 bits per heavy atom. The molecular weight excluding hydrogens is 488 g/mol. The molecule has 4 aromatic rings. The normalized spacial score (nSPS) is 12.0. The van der Waals surface area contributed by atoms with Crippen LogP contribution >= 0.6 is 11.3 Å². The van der Waals surface area contributed by atoms with Crippen molar-refractivity contribution in [2.45, 2.75) is 58.4 Å². The SMILES string of the molecule is COc1ccc2[nH]c(C)c(CC(=O)N[C@@H](CCCCCC(C)=O)C(=O)Nc3nc4ccccc4s3)c2c1. The summed E-state index contributed by atoms with van der Waals surface area (Å²) in [5.41, 5.74) is 3.52. The van der Waals surface area contributed by atoms with E-state index in [1.807, 2.05) is 49.4 Å². The highest BCUT2D eigenvalue weighted by Crippen LogP contribution is 2.27. The van der Waals surface area contributed by atoms with Crippen LogP contribution in [0.4, 0.5) is 5.13 Å². The first-order valence-electron chi connectivity index (χ1n) is 12.4. The highest BCUT2D eigenvalue weighted by atomic mass is 32.1. The van der Waals surface area contributed by atoms with E-state index < -0.39 is 6.04 Å². The Balaban J connectivity index is 1.46. The number of unbranched alkanes of at least 4 members (excludes halogenated alkanes) is 2. The zero-order valence-electron chi connectivity index (χ0n) is 21.3. The number of anilines is 1. The third kappa shape index (κ3) is 6.74. The molecule has 0 radical (unpaired) electrons. The highest BCUT2D eigenvalue weighted by Gasteiger charge is 2.23. The number of benzene rings is 2. The number of thiazole rings is 1. The maximum atomic E-state index is 13.2. The van der Waals surface area contributed by atoms with Crippen molar-refractivity contribution in [3.63, 3.8) is 0 Å². The quantitative estimate of drug-likeness (QED) is 0.219. The minimum Gasteiger partial charge on any atom is -0.497 e. The van der Waals surface area contributed by atoms with Crippen LogP contribution in [-0.4, -0.2) is 40.7 Å². The monoisotopic (exact) mass is 520 g/mol. The number of fused-ring (bicyclic) bond motifs is 2. The fraction of sp³-hybridized carbons (Fsp3) is 0.357. The second-order valence-corrected chi connectivity index (χ2v) is 10.2. The largest absolute Gasteiger partial charge is 0.497 e. The number of nitrogens with zero attached hydrogens (tertiary/aromatic N) is 1. The summed E-state index contributed by atoms with van der Waals surface area (Å²) in [6.07, 6.45) is 3.43. The van der Waals surface area contributed by atoms with Crippen molar-refractivity contribution in [3.8, 4) is 5.75 Å². The number of nitrogens with one attached hydrogen (secondary N) is 3. The van der Waals surface area contributed by atoms with Gasteiger partial charge in [-0.05, 0) is 62.6 Å². The van der Waals surface area contributed by atoms with Gasteiger partial charge < -0.3 is 25.1 Å². The molecule has 2 amide bonds. The minimum absolute atomic E-state index is 0.133. The molecule has 0 spiro atoms. The third-order valence-electron chi connectivity index (χ3n) is 6.36. The first kappa shape index (κ1) is 26.3. The number of amides is 2. The van der Waals surface area contributed by atoms with Gasteiger partial charge in [0.1, 0.15) is 17.6 Å². The summed E-state index contributed by atoms with van der Waals surface area (Å²) in [7, 11) is 1.61. The van der Waals surface area contributed by atoms with Gasteiger partial charge in [0, 0.05) is 23.0 Å². The van der Waals surface area contributed by atoms with Crippen molar-refractivity contribution in [1.29, 1.82) is 0 Å². The summed E-state index contributed by atoms with van der Waals surface area (Å²) in [5, 5.41) is 7.26. The maximum Gasteiger partial charge on any atom is 0.248 e. The fourth-order valence-corrected chi connectivity index (χ4v) is 5.28. The lowest BCUT2D eigenvalue weighted by Crippen LogP contribution is -2.44. The zero-order valence-corrected chi connectivity index (χ0v) is 22.2. The minimum atomic E-state index is -0.711. The second-order valence-electron chi connectivity index (χ2n) is 9.21. The molecule has 2 heterocycles. The van der Waals surface area contributed by atoms with Crippen LogP contribution in [0.1, 0.15) is 50.3 Å². The van der Waals surface area contributed by atoms with Gasteiger partial charge in [-0.3, -0.25) is 9.59 Å². The lowest BCUT2D eigenvalue weighted by atomic mass is 10.0. The van der Waals surface area contributed by atoms with Gasteiger partial charge in [-0.15, -0.1) is 0 Å². The fourth-order valence-electron chi connectivity index (χ4n) is 4.41. The molecule has 9 heteroatoms. The molecule has 37 heavy (non-hydrogen) atoms. The number of carbonyl (C=O) groups is 3. The van der Waals surface area contributed by atoms with Crippen LogP contribution in [0, 0.1) is 6.92 Å². The average Bonchev–Trinajstić information content (AvgIpc) is 3.42. The number of aryl methyl sites for hydroxylation is 1. The van der Waals surface area contributed by atoms with Crippen molar-refractivity contribution in [2.24, 2.45) is 0 Å². The zero-order chi connectivity index (χ0) is 26.4. The highest BCUT2D eigenvalue weighted by molar-refractivity contribution is 7.22. The van der Waals surface area contributed by atoms with E-state index in [4.69, 9.17) is 4.74 Å². The Hall–Kier alpha value is -3.72. The van der Waals surface area contributed by atoms with Crippen LogP contribution in [0.15, 0.2) is 42.5 Å². The summed E-state index contributed by atoms with van der Waals surface area (Å²) < 4.78 is 6.33. The van der Waals surface area contributed by atoms with Gasteiger partial charge in [-0.25, -0.2) is 4.98 Å². The van der Waals surface area contributed by atoms with E-state index in [-0.39, 0.29) is 24.0 Å². The molecular formula is C28H32N4O4S. The Morgan fingerprint density at radius 2 is 1.92 bits per heavy atom. The molecule has 194 valence electrons. The number of hydrogen-bond acceptors (Lipinski definition) is 6. The molecule has 0 saturated heterocycles. The van der Waals surface area contributed by atoms with Crippen molar-refractivity contribution in [1.82, 2.24) is 15.3 Å². The van der Waals surface area contributed by atoms with E-state index in [1.54, 1.807) is 14.0 Å². The molecule has 1 atom stereocenters. The van der Waals surface area contributed by atoms with Crippen LogP contribution < -0.4 is 15.4 Å². The standard InChI is InChI=1S/C28H32N4O4S/c1-17(33)9-5-4-6-11-24(27(35)32-28-31-23-10-7-8-12-25(23)37-28)30-26(34)16-20-18(2)29-22-14-13-19(36-3)15-21(20)22/h7-8,10,12-15,24,29H,4-6,9,11,16H2,1-3H3,(H,30,34)(H,31,32,35)/t24-/m0/s1. The maximum absolute atomic E-state index is 13.2. The van der Waals surface area contributed by atoms with Crippen molar-refractivity contribution in [2.75, 3.05) is 12.4 Å². The number of ketones is 1. The summed E-state index contributed by atoms with van der Waals surface area (Å²) in [6.45, 7) is 3.51. The number of aromatic amines is 1. The summed E-state index contributed by atoms with van der Waals surface area (Å²) in [5.74, 6) is 0.340. The molecule has 3 N–H and O–H groups in total. The van der Waals surface area contributed by atoms with Crippen LogP contribution in [0.25, 0.3) is 21.1 Å². The van der Waals surface area contributed by atoms with Crippen molar-refractivity contribution >= 4 is 55.2 Å². The number of Topliss-reactive ketones (excluding diaryl/α,β-unsaturated/α-hetero) is 1. The smallest absolute Gasteiger partial charge is 0.248 e. The Kier molecular flexibility index (Phi) is 8.55. The second kappa shape index (κ2) is 12.0. The topological polar surface area (TPSA) is 113 Å². The first-order valence-corrected chi connectivity index (χ1v) is 13.3. The molecule has 8 nitrogen and oxygen atoms in total. The van der Waals surface area contributed by atoms with Crippen LogP contribution in [0.3, 0.4) is 0 Å². The number of hydrogen-bond donors (Lipinski definition) is 3. The van der Waals surface area contributed by atoms with Gasteiger partial charge >= 0.3 is 0 Å². The predicted molar refractivity (Wildman–Crippen MR) is 147 cm³/mol. The van der Waals surface area contributed by atoms with Crippen molar-refractivity contribution in [3.05, 3.63) is 53.7 Å². The molecule has 0 aliphatic carbocycles. The Labute approximate surface area is 219 Å². The summed E-state index contributed by atoms with van der Waals surface area (Å²) in [4.78, 5) is 45.4. The van der Waals surface area contributed by atoms with E-state index >= 15 is 0 Å². The van der Waals surface area contributed by atoms with E-state index in [0.717, 1.165) is 51.6 Å². The lowest BCUT2D eigenvalue weighted by molar-refractivity contribution is -0.126. The molecule has 0 aliphatic heterocycles. The molecule has 2 aromatic carbocycles. The van der Waals surface area contributed by atoms with Gasteiger partial charge in [0.2, 0.25) is 11.8 Å². The number of ether oxygens (including phenoxy) is 1. The molecule has 0 unspecified atom stereocenters. The number of methoxy groups -OCH3 is 1. The number of H-pyrrole nitrogens is 1. The number of aromatic nitrogens is 2. The van der Waals surface area contributed by atoms with Gasteiger partial charge in [-0.2, -0.15) is 0 Å². The molecule has 0 fully saturated rings. The lowest BCUT2D eigenvalue weighted by Gasteiger charge is -2.18. The van der Waals surface area contributed by atoms with E-state index in [2.05, 4.69) is 20.6 Å². The first-order chi connectivity index (χ1) is 17.8. The van der Waals surface area contributed by atoms with Crippen LogP contribution in [0.2, 0.25) is 0 Å². The average molecular weight is 521 g/mol. The number of carbonyl (C=O) groups excluding carboxylic acids is 3. The molecule has 0 saturated carbocycles. The molecule has 2 aromatic heterocycles. The van der Waals surface area contributed by atoms with E-state index in [1.165, 1.54) is 11.3 Å². The summed E-state index contributed by atoms with van der Waals surface area (Å²) in [6, 6.07) is 12.7. The van der Waals surface area contributed by atoms with Gasteiger partial charge in [0.25, 0.3) is 0 Å². The van der Waals surface area contributed by atoms with E-state index in [9.17, 15) is 14.4 Å². The van der Waals surface area contributed by atoms with Gasteiger partial charge in [0.05, 0.1) is 23.7 Å². The summed E-state index contributed by atoms with van der Waals surface area (Å²) >= 11 is 1.40.